The molecule has 0 aromatic heterocycles. The zero-order chi connectivity index (χ0) is 20.0. The molecule has 28 heavy (non-hydrogen) atoms. The van der Waals surface area contributed by atoms with Gasteiger partial charge in [0.1, 0.15) is 24.7 Å². The predicted octanol–water partition coefficient (Wildman–Crippen LogP) is 1.36. The summed E-state index contributed by atoms with van der Waals surface area (Å²) in [7, 11) is -3.45. The molecule has 6 nitrogen and oxygen atoms in total. The molecule has 2 aromatic rings. The highest BCUT2D eigenvalue weighted by Crippen LogP contribution is 2.19. The van der Waals surface area contributed by atoms with Crippen LogP contribution in [0.15, 0.2) is 53.4 Å². The molecule has 1 N–H and O–H groups in total. The first-order valence-corrected chi connectivity index (χ1v) is 11.2. The van der Waals surface area contributed by atoms with E-state index in [0.717, 1.165) is 25.4 Å². The van der Waals surface area contributed by atoms with Crippen LogP contribution in [0.2, 0.25) is 0 Å². The van der Waals surface area contributed by atoms with Crippen molar-refractivity contribution in [3.63, 3.8) is 0 Å². The van der Waals surface area contributed by atoms with Gasteiger partial charge < -0.3 is 14.4 Å². The number of aryl methyl sites for hydroxylation is 1. The number of nitrogens with zero attached hydrogens (tertiary/aromatic N) is 1. The Balaban J connectivity index is 1.47. The predicted molar refractivity (Wildman–Crippen MR) is 109 cm³/mol. The molecule has 0 aliphatic carbocycles. The lowest BCUT2D eigenvalue weighted by Crippen LogP contribution is -3.15. The molecule has 0 spiro atoms. The first-order chi connectivity index (χ1) is 13.5. The van der Waals surface area contributed by atoms with Gasteiger partial charge >= 0.3 is 0 Å². The fourth-order valence-corrected chi connectivity index (χ4v) is 4.71. The second-order valence-corrected chi connectivity index (χ2v) is 8.91. The minimum atomic E-state index is -3.45. The maximum Gasteiger partial charge on any atom is 0.243 e. The fraction of sp³-hybridized carbons (Fsp3) is 0.429. The normalized spacial score (nSPS) is 16.1. The van der Waals surface area contributed by atoms with Crippen LogP contribution in [-0.2, 0) is 10.0 Å². The molecule has 1 saturated heterocycles. The average Bonchev–Trinajstić information content (AvgIpc) is 2.71. The van der Waals surface area contributed by atoms with Gasteiger partial charge in [0.25, 0.3) is 0 Å². The third-order valence-corrected chi connectivity index (χ3v) is 6.86. The molecule has 2 aromatic carbocycles. The fourth-order valence-electron chi connectivity index (χ4n) is 3.26. The summed E-state index contributed by atoms with van der Waals surface area (Å²) < 4.78 is 38.4. The largest absolute Gasteiger partial charge is 0.494 e. The SMILES string of the molecule is CCOc1ccc(S(=O)(=O)N2CC[NH+](CCOc3ccc(C)cc3)CC2)cc1. The van der Waals surface area contributed by atoms with Crippen molar-refractivity contribution in [3.8, 4) is 11.5 Å². The number of nitrogens with one attached hydrogen (secondary N) is 1. The van der Waals surface area contributed by atoms with Crippen molar-refractivity contribution in [1.82, 2.24) is 4.31 Å². The highest BCUT2D eigenvalue weighted by Gasteiger charge is 2.30. The highest BCUT2D eigenvalue weighted by atomic mass is 32.2. The summed E-state index contributed by atoms with van der Waals surface area (Å²) in [6.07, 6.45) is 0. The van der Waals surface area contributed by atoms with Gasteiger partial charge in [-0.15, -0.1) is 0 Å². The first kappa shape index (κ1) is 20.6. The van der Waals surface area contributed by atoms with Crippen LogP contribution in [0.25, 0.3) is 0 Å². The summed E-state index contributed by atoms with van der Waals surface area (Å²) in [6.45, 7) is 8.62. The van der Waals surface area contributed by atoms with Crippen LogP contribution >= 0.6 is 0 Å². The van der Waals surface area contributed by atoms with E-state index >= 15 is 0 Å². The van der Waals surface area contributed by atoms with Crippen molar-refractivity contribution in [2.45, 2.75) is 18.7 Å². The van der Waals surface area contributed by atoms with E-state index in [0.29, 0.717) is 36.9 Å². The van der Waals surface area contributed by atoms with Crippen LogP contribution in [0.4, 0.5) is 0 Å². The Kier molecular flexibility index (Phi) is 6.93. The minimum absolute atomic E-state index is 0.321. The number of piperazine rings is 1. The number of rotatable bonds is 8. The third-order valence-electron chi connectivity index (χ3n) is 4.95. The number of hydrogen-bond donors (Lipinski definition) is 1. The summed E-state index contributed by atoms with van der Waals surface area (Å²) in [5.41, 5.74) is 1.21. The molecule has 0 saturated carbocycles. The quantitative estimate of drug-likeness (QED) is 0.721. The van der Waals surface area contributed by atoms with Crippen molar-refractivity contribution < 1.29 is 22.8 Å². The molecule has 1 aliphatic rings. The molecule has 0 atom stereocenters. The van der Waals surface area contributed by atoms with E-state index in [2.05, 4.69) is 6.92 Å². The van der Waals surface area contributed by atoms with E-state index in [1.807, 2.05) is 31.2 Å². The maximum absolute atomic E-state index is 12.8. The Morgan fingerprint density at radius 2 is 1.50 bits per heavy atom. The van der Waals surface area contributed by atoms with Crippen molar-refractivity contribution >= 4 is 10.0 Å². The summed E-state index contributed by atoms with van der Waals surface area (Å²) in [4.78, 5) is 1.69. The molecular weight excluding hydrogens is 376 g/mol. The van der Waals surface area contributed by atoms with Gasteiger partial charge in [-0.05, 0) is 50.2 Å². The van der Waals surface area contributed by atoms with E-state index in [1.54, 1.807) is 28.6 Å². The van der Waals surface area contributed by atoms with E-state index in [1.165, 1.54) is 10.5 Å². The molecule has 0 bridgehead atoms. The number of sulfonamides is 1. The number of quaternary nitrogens is 1. The molecule has 1 heterocycles. The van der Waals surface area contributed by atoms with Crippen LogP contribution in [0, 0.1) is 6.92 Å². The zero-order valence-electron chi connectivity index (χ0n) is 16.6. The highest BCUT2D eigenvalue weighted by molar-refractivity contribution is 7.89. The summed E-state index contributed by atoms with van der Waals surface area (Å²) in [6, 6.07) is 14.7. The number of benzene rings is 2. The summed E-state index contributed by atoms with van der Waals surface area (Å²) in [5, 5.41) is 0. The van der Waals surface area contributed by atoms with Crippen LogP contribution < -0.4 is 14.4 Å². The van der Waals surface area contributed by atoms with Crippen LogP contribution in [0.3, 0.4) is 0 Å². The van der Waals surface area contributed by atoms with E-state index < -0.39 is 10.0 Å². The van der Waals surface area contributed by atoms with E-state index in [-0.39, 0.29) is 0 Å². The van der Waals surface area contributed by atoms with Crippen LogP contribution in [-0.4, -0.2) is 58.7 Å². The lowest BCUT2D eigenvalue weighted by atomic mass is 10.2. The minimum Gasteiger partial charge on any atom is -0.494 e. The lowest BCUT2D eigenvalue weighted by molar-refractivity contribution is -0.903. The smallest absolute Gasteiger partial charge is 0.243 e. The first-order valence-electron chi connectivity index (χ1n) is 9.75. The monoisotopic (exact) mass is 405 g/mol. The van der Waals surface area contributed by atoms with E-state index in [4.69, 9.17) is 9.47 Å². The molecule has 0 amide bonds. The Morgan fingerprint density at radius 3 is 2.11 bits per heavy atom. The Morgan fingerprint density at radius 1 is 0.929 bits per heavy atom. The Labute approximate surface area is 167 Å². The topological polar surface area (TPSA) is 60.3 Å². The molecule has 7 heteroatoms. The van der Waals surface area contributed by atoms with Gasteiger partial charge in [0.2, 0.25) is 10.0 Å². The van der Waals surface area contributed by atoms with Crippen molar-refractivity contribution in [1.29, 1.82) is 0 Å². The summed E-state index contributed by atoms with van der Waals surface area (Å²) in [5.74, 6) is 1.56. The van der Waals surface area contributed by atoms with Gasteiger partial charge in [-0.25, -0.2) is 8.42 Å². The van der Waals surface area contributed by atoms with Gasteiger partial charge in [-0.2, -0.15) is 4.31 Å². The van der Waals surface area contributed by atoms with Crippen molar-refractivity contribution in [2.75, 3.05) is 45.9 Å². The number of hydrogen-bond acceptors (Lipinski definition) is 4. The number of ether oxygens (including phenoxy) is 2. The van der Waals surface area contributed by atoms with Gasteiger partial charge in [0, 0.05) is 0 Å². The van der Waals surface area contributed by atoms with Gasteiger partial charge in [-0.3, -0.25) is 0 Å². The molecule has 0 unspecified atom stereocenters. The average molecular weight is 406 g/mol. The molecule has 0 radical (unpaired) electrons. The second kappa shape index (κ2) is 9.41. The molecule has 152 valence electrons. The molecule has 1 fully saturated rings. The van der Waals surface area contributed by atoms with Gasteiger partial charge in [0.05, 0.1) is 37.7 Å². The molecular formula is C21H29N2O4S+. The zero-order valence-corrected chi connectivity index (χ0v) is 17.4. The van der Waals surface area contributed by atoms with Crippen LogP contribution in [0.5, 0.6) is 11.5 Å². The van der Waals surface area contributed by atoms with Crippen LogP contribution in [0.1, 0.15) is 12.5 Å². The van der Waals surface area contributed by atoms with Gasteiger partial charge in [-0.1, -0.05) is 17.7 Å². The standard InChI is InChI=1S/C21H28N2O4S/c1-3-26-19-8-10-21(11-9-19)28(24,25)23-14-12-22(13-15-23)16-17-27-20-6-4-18(2)5-7-20/h4-11H,3,12-17H2,1-2H3/p+1. The maximum atomic E-state index is 12.8. The molecule has 3 rings (SSSR count). The van der Waals surface area contributed by atoms with Crippen molar-refractivity contribution in [3.05, 3.63) is 54.1 Å². The van der Waals surface area contributed by atoms with Gasteiger partial charge in [0.15, 0.2) is 0 Å². The Bertz CT molecular complexity index is 843. The summed E-state index contributed by atoms with van der Waals surface area (Å²) >= 11 is 0. The Hall–Kier alpha value is -2.09. The van der Waals surface area contributed by atoms with Crippen molar-refractivity contribution in [2.24, 2.45) is 0 Å². The molecule has 1 aliphatic heterocycles. The van der Waals surface area contributed by atoms with E-state index in [9.17, 15) is 8.42 Å². The second-order valence-electron chi connectivity index (χ2n) is 6.97. The third kappa shape index (κ3) is 5.25. The lowest BCUT2D eigenvalue weighted by Gasteiger charge is -2.31.